The van der Waals surface area contributed by atoms with Gasteiger partial charge < -0.3 is 0 Å². The van der Waals surface area contributed by atoms with Crippen molar-refractivity contribution in [1.29, 1.82) is 0 Å². The number of likely N-dealkylation sites (tertiary alicyclic amines) is 1. The number of benzene rings is 2. The number of carbonyl (C=O) groups excluding carboxylic acids is 1. The van der Waals surface area contributed by atoms with E-state index in [-0.39, 0.29) is 33.0 Å². The summed E-state index contributed by atoms with van der Waals surface area (Å²) in [6.45, 7) is 4.70. The summed E-state index contributed by atoms with van der Waals surface area (Å²) < 4.78 is 28.4. The lowest BCUT2D eigenvalue weighted by atomic mass is 9.93. The molecule has 0 aromatic heterocycles. The summed E-state index contributed by atoms with van der Waals surface area (Å²) in [5.74, 6) is -1.27. The van der Waals surface area contributed by atoms with Gasteiger partial charge in [-0.25, -0.2) is 8.78 Å². The van der Waals surface area contributed by atoms with E-state index in [1.54, 1.807) is 12.1 Å². The van der Waals surface area contributed by atoms with Crippen molar-refractivity contribution >= 4 is 41.1 Å². The first kappa shape index (κ1) is 20.7. The third-order valence-electron chi connectivity index (χ3n) is 4.70. The number of hydrogen-bond acceptors (Lipinski definition) is 2. The van der Waals surface area contributed by atoms with E-state index in [0.717, 1.165) is 0 Å². The van der Waals surface area contributed by atoms with Crippen molar-refractivity contribution in [2.75, 3.05) is 13.1 Å². The molecule has 0 unspecified atom stereocenters. The average Bonchev–Trinajstić information content (AvgIpc) is 2.63. The zero-order valence-electron chi connectivity index (χ0n) is 15.5. The molecular formula is C22H19Cl2F2NO. The Balaban J connectivity index is 2.09. The Morgan fingerprint density at radius 2 is 1.32 bits per heavy atom. The molecule has 2 aromatic carbocycles. The molecule has 0 saturated carbocycles. The first-order chi connectivity index (χ1) is 13.3. The zero-order chi connectivity index (χ0) is 20.4. The molecule has 2 nitrogen and oxygen atoms in total. The first-order valence-corrected chi connectivity index (χ1v) is 9.61. The smallest absolute Gasteiger partial charge is 0.187 e. The van der Waals surface area contributed by atoms with Gasteiger partial charge in [-0.15, -0.1) is 0 Å². The molecule has 1 heterocycles. The Morgan fingerprint density at radius 3 is 1.68 bits per heavy atom. The van der Waals surface area contributed by atoms with E-state index in [1.807, 2.05) is 18.7 Å². The second kappa shape index (κ2) is 8.56. The number of piperidine rings is 1. The Morgan fingerprint density at radius 1 is 0.893 bits per heavy atom. The Kier molecular flexibility index (Phi) is 6.33. The number of hydrogen-bond donors (Lipinski definition) is 0. The summed E-state index contributed by atoms with van der Waals surface area (Å²) >= 11 is 12.2. The summed E-state index contributed by atoms with van der Waals surface area (Å²) in [6.07, 6.45) is 2.96. The fourth-order valence-corrected chi connectivity index (χ4v) is 3.51. The predicted molar refractivity (Wildman–Crippen MR) is 110 cm³/mol. The van der Waals surface area contributed by atoms with Crippen LogP contribution in [-0.4, -0.2) is 29.8 Å². The summed E-state index contributed by atoms with van der Waals surface area (Å²) in [5.41, 5.74) is 1.12. The molecule has 146 valence electrons. The Hall–Kier alpha value is -2.01. The van der Waals surface area contributed by atoms with E-state index in [9.17, 15) is 13.6 Å². The SMILES string of the molecule is CC(C)N1CC(=Cc2c(F)cccc2Cl)C(=O)C(=Cc2c(F)cccc2Cl)C1. The lowest BCUT2D eigenvalue weighted by Gasteiger charge is -2.33. The molecule has 6 heteroatoms. The lowest BCUT2D eigenvalue weighted by molar-refractivity contribution is -0.113. The minimum absolute atomic E-state index is 0.132. The standard InChI is InChI=1S/C22H19Cl2F2NO/c1-13(2)27-11-14(9-16-18(23)5-3-7-20(16)25)22(28)15(12-27)10-17-19(24)6-4-8-21(17)26/h3-10,13H,11-12H2,1-2H3. The average molecular weight is 422 g/mol. The van der Waals surface area contributed by atoms with E-state index in [2.05, 4.69) is 0 Å². The molecule has 1 fully saturated rings. The van der Waals surface area contributed by atoms with Gasteiger partial charge in [-0.2, -0.15) is 0 Å². The van der Waals surface area contributed by atoms with Gasteiger partial charge in [0.1, 0.15) is 11.6 Å². The molecular weight excluding hydrogens is 403 g/mol. The zero-order valence-corrected chi connectivity index (χ0v) is 17.0. The molecule has 0 spiro atoms. The van der Waals surface area contributed by atoms with Crippen molar-refractivity contribution in [2.24, 2.45) is 0 Å². The van der Waals surface area contributed by atoms with Crippen molar-refractivity contribution in [3.63, 3.8) is 0 Å². The van der Waals surface area contributed by atoms with Crippen LogP contribution in [0.4, 0.5) is 8.78 Å². The molecule has 1 aliphatic heterocycles. The third kappa shape index (κ3) is 4.35. The largest absolute Gasteiger partial charge is 0.292 e. The van der Waals surface area contributed by atoms with Gasteiger partial charge in [0.15, 0.2) is 5.78 Å². The van der Waals surface area contributed by atoms with Crippen molar-refractivity contribution in [3.8, 4) is 0 Å². The highest BCUT2D eigenvalue weighted by atomic mass is 35.5. The molecule has 0 N–H and O–H groups in total. The van der Waals surface area contributed by atoms with Crippen LogP contribution in [0.15, 0.2) is 47.5 Å². The van der Waals surface area contributed by atoms with Gasteiger partial charge in [-0.05, 0) is 50.3 Å². The Bertz CT molecular complexity index is 868. The summed E-state index contributed by atoms with van der Waals surface area (Å²) in [6, 6.07) is 8.87. The highest BCUT2D eigenvalue weighted by Gasteiger charge is 2.28. The van der Waals surface area contributed by atoms with Gasteiger partial charge in [0.25, 0.3) is 0 Å². The lowest BCUT2D eigenvalue weighted by Crippen LogP contribution is -2.41. The number of ketones is 1. The van der Waals surface area contributed by atoms with Crippen LogP contribution in [0.5, 0.6) is 0 Å². The molecule has 28 heavy (non-hydrogen) atoms. The van der Waals surface area contributed by atoms with Crippen LogP contribution in [0.3, 0.4) is 0 Å². The second-order valence-electron chi connectivity index (χ2n) is 6.94. The van der Waals surface area contributed by atoms with E-state index < -0.39 is 11.6 Å². The first-order valence-electron chi connectivity index (χ1n) is 8.86. The minimum atomic E-state index is -0.503. The molecule has 2 aromatic rings. The Labute approximate surface area is 173 Å². The number of carbonyl (C=O) groups is 1. The molecule has 0 amide bonds. The third-order valence-corrected chi connectivity index (χ3v) is 5.36. The minimum Gasteiger partial charge on any atom is -0.292 e. The topological polar surface area (TPSA) is 20.3 Å². The summed E-state index contributed by atoms with van der Waals surface area (Å²) in [4.78, 5) is 15.1. The number of halogens is 4. The van der Waals surface area contributed by atoms with Crippen LogP contribution < -0.4 is 0 Å². The number of rotatable bonds is 3. The second-order valence-corrected chi connectivity index (χ2v) is 7.75. The van der Waals surface area contributed by atoms with Gasteiger partial charge in [0.05, 0.1) is 10.0 Å². The molecule has 0 radical (unpaired) electrons. The molecule has 1 aliphatic rings. The summed E-state index contributed by atoms with van der Waals surface area (Å²) in [7, 11) is 0. The van der Waals surface area contributed by atoms with Crippen LogP contribution >= 0.6 is 23.2 Å². The van der Waals surface area contributed by atoms with Crippen molar-refractivity contribution in [3.05, 3.63) is 80.4 Å². The monoisotopic (exact) mass is 421 g/mol. The van der Waals surface area contributed by atoms with Gasteiger partial charge in [-0.1, -0.05) is 35.3 Å². The van der Waals surface area contributed by atoms with E-state index in [4.69, 9.17) is 23.2 Å². The predicted octanol–water partition coefficient (Wildman–Crippen LogP) is 6.03. The fourth-order valence-electron chi connectivity index (χ4n) is 3.08. The molecule has 0 atom stereocenters. The van der Waals surface area contributed by atoms with Crippen LogP contribution in [0, 0.1) is 11.6 Å². The van der Waals surface area contributed by atoms with Crippen LogP contribution in [0.1, 0.15) is 25.0 Å². The van der Waals surface area contributed by atoms with Crippen molar-refractivity contribution in [1.82, 2.24) is 4.90 Å². The number of Topliss-reactive ketones (excluding diaryl/α,β-unsaturated/α-hetero) is 1. The maximum absolute atomic E-state index is 14.2. The fraction of sp³-hybridized carbons (Fsp3) is 0.227. The molecule has 0 aliphatic carbocycles. The van der Waals surface area contributed by atoms with Gasteiger partial charge in [0, 0.05) is 41.4 Å². The van der Waals surface area contributed by atoms with Crippen LogP contribution in [0.2, 0.25) is 10.0 Å². The molecule has 0 bridgehead atoms. The highest BCUT2D eigenvalue weighted by Crippen LogP contribution is 2.29. The summed E-state index contributed by atoms with van der Waals surface area (Å²) in [5, 5.41) is 0.453. The maximum atomic E-state index is 14.2. The van der Waals surface area contributed by atoms with Gasteiger partial charge in [0.2, 0.25) is 0 Å². The van der Waals surface area contributed by atoms with E-state index >= 15 is 0 Å². The van der Waals surface area contributed by atoms with Crippen molar-refractivity contribution in [2.45, 2.75) is 19.9 Å². The van der Waals surface area contributed by atoms with Crippen LogP contribution in [-0.2, 0) is 4.79 Å². The normalized spacial score (nSPS) is 18.5. The van der Waals surface area contributed by atoms with E-state index in [1.165, 1.54) is 36.4 Å². The van der Waals surface area contributed by atoms with Crippen molar-refractivity contribution < 1.29 is 13.6 Å². The van der Waals surface area contributed by atoms with Crippen LogP contribution in [0.25, 0.3) is 12.2 Å². The maximum Gasteiger partial charge on any atom is 0.187 e. The number of nitrogens with zero attached hydrogens (tertiary/aromatic N) is 1. The van der Waals surface area contributed by atoms with Gasteiger partial charge >= 0.3 is 0 Å². The molecule has 3 rings (SSSR count). The highest BCUT2D eigenvalue weighted by molar-refractivity contribution is 6.33. The van der Waals surface area contributed by atoms with E-state index in [0.29, 0.717) is 24.2 Å². The molecule has 1 saturated heterocycles. The quantitative estimate of drug-likeness (QED) is 0.563. The van der Waals surface area contributed by atoms with Gasteiger partial charge in [-0.3, -0.25) is 9.69 Å².